The number of aromatic hydroxyl groups is 1. The molecule has 0 spiro atoms. The van der Waals surface area contributed by atoms with E-state index in [-0.39, 0.29) is 16.7 Å². The molecule has 0 amide bonds. The molecule has 3 nitrogen and oxygen atoms in total. The van der Waals surface area contributed by atoms with Crippen molar-refractivity contribution in [1.29, 1.82) is 5.26 Å². The molecule has 1 unspecified atom stereocenters. The first-order valence-corrected chi connectivity index (χ1v) is 4.44. The molecule has 1 aromatic carbocycles. The maximum atomic E-state index is 9.56. The fourth-order valence-electron chi connectivity index (χ4n) is 1.13. The standard InChI is InChI=1S/C10H10ClNO2/c1-6(5-12)7-3-4-8(14-2)10(13)9(7)11/h3-4,6,13H,1-2H3. The maximum absolute atomic E-state index is 9.56. The van der Waals surface area contributed by atoms with Crippen LogP contribution in [0.5, 0.6) is 11.5 Å². The molecule has 1 rings (SSSR count). The summed E-state index contributed by atoms with van der Waals surface area (Å²) in [5, 5.41) is 18.4. The summed E-state index contributed by atoms with van der Waals surface area (Å²) < 4.78 is 4.88. The fraction of sp³-hybridized carbons (Fsp3) is 0.300. The Morgan fingerprint density at radius 2 is 2.21 bits per heavy atom. The van der Waals surface area contributed by atoms with Gasteiger partial charge in [0.1, 0.15) is 0 Å². The van der Waals surface area contributed by atoms with Crippen molar-refractivity contribution in [2.45, 2.75) is 12.8 Å². The number of nitrogens with zero attached hydrogens (tertiary/aromatic N) is 1. The van der Waals surface area contributed by atoms with E-state index in [2.05, 4.69) is 6.07 Å². The Hall–Kier alpha value is -1.40. The first-order chi connectivity index (χ1) is 6.61. The largest absolute Gasteiger partial charge is 0.503 e. The molecule has 0 saturated carbocycles. The molecular weight excluding hydrogens is 202 g/mol. The van der Waals surface area contributed by atoms with Crippen LogP contribution in [-0.4, -0.2) is 12.2 Å². The number of methoxy groups -OCH3 is 1. The van der Waals surface area contributed by atoms with E-state index in [4.69, 9.17) is 21.6 Å². The average Bonchev–Trinajstić information content (AvgIpc) is 2.21. The van der Waals surface area contributed by atoms with Crippen molar-refractivity contribution in [3.8, 4) is 17.6 Å². The first-order valence-electron chi connectivity index (χ1n) is 4.06. The van der Waals surface area contributed by atoms with Gasteiger partial charge >= 0.3 is 0 Å². The summed E-state index contributed by atoms with van der Waals surface area (Å²) in [6.45, 7) is 1.72. The Bertz CT molecular complexity index is 384. The third-order valence-corrected chi connectivity index (χ3v) is 2.39. The van der Waals surface area contributed by atoms with Gasteiger partial charge in [-0.1, -0.05) is 17.7 Å². The van der Waals surface area contributed by atoms with Crippen LogP contribution >= 0.6 is 11.6 Å². The Kier molecular flexibility index (Phi) is 3.21. The van der Waals surface area contributed by atoms with Crippen LogP contribution in [0, 0.1) is 11.3 Å². The van der Waals surface area contributed by atoms with E-state index in [0.29, 0.717) is 11.3 Å². The van der Waals surface area contributed by atoms with Crippen molar-refractivity contribution in [2.24, 2.45) is 0 Å². The molecule has 0 saturated heterocycles. The van der Waals surface area contributed by atoms with E-state index in [1.807, 2.05) is 0 Å². The summed E-state index contributed by atoms with van der Waals surface area (Å²) in [6.07, 6.45) is 0. The van der Waals surface area contributed by atoms with Crippen LogP contribution in [-0.2, 0) is 0 Å². The van der Waals surface area contributed by atoms with Crippen LogP contribution in [0.15, 0.2) is 12.1 Å². The van der Waals surface area contributed by atoms with Crippen LogP contribution in [0.4, 0.5) is 0 Å². The lowest BCUT2D eigenvalue weighted by atomic mass is 10.0. The number of benzene rings is 1. The van der Waals surface area contributed by atoms with Crippen molar-refractivity contribution in [1.82, 2.24) is 0 Å². The van der Waals surface area contributed by atoms with Gasteiger partial charge in [-0.3, -0.25) is 0 Å². The van der Waals surface area contributed by atoms with E-state index in [0.717, 1.165) is 0 Å². The Morgan fingerprint density at radius 1 is 1.57 bits per heavy atom. The van der Waals surface area contributed by atoms with E-state index in [1.54, 1.807) is 19.1 Å². The molecule has 74 valence electrons. The Balaban J connectivity index is 3.25. The predicted molar refractivity (Wildman–Crippen MR) is 53.7 cm³/mol. The Labute approximate surface area is 87.5 Å². The lowest BCUT2D eigenvalue weighted by molar-refractivity contribution is 0.373. The molecule has 1 aromatic rings. The van der Waals surface area contributed by atoms with Crippen LogP contribution in [0.25, 0.3) is 0 Å². The Morgan fingerprint density at radius 3 is 2.71 bits per heavy atom. The molecule has 4 heteroatoms. The number of halogens is 1. The summed E-state index contributed by atoms with van der Waals surface area (Å²) in [6, 6.07) is 5.31. The lowest BCUT2D eigenvalue weighted by Crippen LogP contribution is -1.93. The number of nitriles is 1. The molecule has 1 N–H and O–H groups in total. The molecule has 0 aromatic heterocycles. The van der Waals surface area contributed by atoms with Gasteiger partial charge in [-0.2, -0.15) is 5.26 Å². The fourth-order valence-corrected chi connectivity index (χ4v) is 1.45. The molecule has 0 heterocycles. The number of phenolic OH excluding ortho intramolecular Hbond substituents is 1. The molecule has 0 fully saturated rings. The zero-order chi connectivity index (χ0) is 10.7. The maximum Gasteiger partial charge on any atom is 0.177 e. The minimum absolute atomic E-state index is 0.117. The summed E-state index contributed by atoms with van der Waals surface area (Å²) in [5.74, 6) is -0.156. The molecule has 0 aliphatic rings. The number of phenols is 1. The van der Waals surface area contributed by atoms with Crippen molar-refractivity contribution < 1.29 is 9.84 Å². The molecule has 1 atom stereocenters. The van der Waals surface area contributed by atoms with E-state index >= 15 is 0 Å². The average molecular weight is 212 g/mol. The zero-order valence-electron chi connectivity index (χ0n) is 7.91. The number of ether oxygens (including phenoxy) is 1. The summed E-state index contributed by atoms with van der Waals surface area (Å²) in [7, 11) is 1.44. The van der Waals surface area contributed by atoms with E-state index in [9.17, 15) is 5.11 Å². The van der Waals surface area contributed by atoms with Crippen LogP contribution in [0.1, 0.15) is 18.4 Å². The summed E-state index contributed by atoms with van der Waals surface area (Å²) in [4.78, 5) is 0. The molecule has 0 radical (unpaired) electrons. The predicted octanol–water partition coefficient (Wildman–Crippen LogP) is 2.68. The highest BCUT2D eigenvalue weighted by molar-refractivity contribution is 6.33. The lowest BCUT2D eigenvalue weighted by Gasteiger charge is -2.10. The minimum Gasteiger partial charge on any atom is -0.503 e. The third kappa shape index (κ3) is 1.75. The highest BCUT2D eigenvalue weighted by atomic mass is 35.5. The highest BCUT2D eigenvalue weighted by Gasteiger charge is 2.15. The van der Waals surface area contributed by atoms with Crippen molar-refractivity contribution in [3.63, 3.8) is 0 Å². The minimum atomic E-state index is -0.348. The van der Waals surface area contributed by atoms with Gasteiger partial charge in [0, 0.05) is 0 Å². The van der Waals surface area contributed by atoms with Crippen LogP contribution in [0.3, 0.4) is 0 Å². The number of hydrogen-bond acceptors (Lipinski definition) is 3. The summed E-state index contributed by atoms with van der Waals surface area (Å²) in [5.41, 5.74) is 0.604. The van der Waals surface area contributed by atoms with Crippen LogP contribution in [0.2, 0.25) is 5.02 Å². The van der Waals surface area contributed by atoms with Gasteiger partial charge in [0.25, 0.3) is 0 Å². The van der Waals surface area contributed by atoms with Gasteiger partial charge in [0.2, 0.25) is 0 Å². The van der Waals surface area contributed by atoms with Gasteiger partial charge in [-0.05, 0) is 18.6 Å². The molecule has 0 bridgehead atoms. The highest BCUT2D eigenvalue weighted by Crippen LogP contribution is 2.38. The number of rotatable bonds is 2. The molecule has 0 aliphatic heterocycles. The van der Waals surface area contributed by atoms with Crippen molar-refractivity contribution in [2.75, 3.05) is 7.11 Å². The quantitative estimate of drug-likeness (QED) is 0.818. The van der Waals surface area contributed by atoms with Crippen LogP contribution < -0.4 is 4.74 Å². The number of hydrogen-bond donors (Lipinski definition) is 1. The van der Waals surface area contributed by atoms with Gasteiger partial charge in [-0.15, -0.1) is 0 Å². The summed E-state index contributed by atoms with van der Waals surface area (Å²) >= 11 is 5.87. The van der Waals surface area contributed by atoms with Crippen molar-refractivity contribution >= 4 is 11.6 Å². The molecular formula is C10H10ClNO2. The smallest absolute Gasteiger partial charge is 0.177 e. The van der Waals surface area contributed by atoms with Gasteiger partial charge in [0.05, 0.1) is 24.1 Å². The second kappa shape index (κ2) is 4.21. The normalized spacial score (nSPS) is 11.9. The third-order valence-electron chi connectivity index (χ3n) is 1.99. The monoisotopic (exact) mass is 211 g/mol. The second-order valence-electron chi connectivity index (χ2n) is 2.87. The molecule has 14 heavy (non-hydrogen) atoms. The zero-order valence-corrected chi connectivity index (χ0v) is 8.67. The SMILES string of the molecule is COc1ccc(C(C)C#N)c(Cl)c1O. The first kappa shape index (κ1) is 10.7. The molecule has 0 aliphatic carbocycles. The van der Waals surface area contributed by atoms with Crippen molar-refractivity contribution in [3.05, 3.63) is 22.7 Å². The van der Waals surface area contributed by atoms with E-state index < -0.39 is 0 Å². The van der Waals surface area contributed by atoms with E-state index in [1.165, 1.54) is 7.11 Å². The van der Waals surface area contributed by atoms with Gasteiger partial charge in [0.15, 0.2) is 11.5 Å². The van der Waals surface area contributed by atoms with Gasteiger partial charge < -0.3 is 9.84 Å². The second-order valence-corrected chi connectivity index (χ2v) is 3.25. The van der Waals surface area contributed by atoms with Gasteiger partial charge in [-0.25, -0.2) is 0 Å². The topological polar surface area (TPSA) is 53.2 Å².